The standard InChI is InChI=1S/C16H24N2O3S/c1-3-21-16(20)13-6-8-18(9-7-13)11-15(19)17-12(2)14-5-4-10-22-14/h4-5,10,12-13H,3,6-9,11H2,1-2H3,(H,17,19)/p+1/t12-/m0/s1. The molecule has 2 heterocycles. The molecule has 1 amide bonds. The second-order valence-corrected chi connectivity index (χ2v) is 6.74. The Morgan fingerprint density at radius 1 is 1.45 bits per heavy atom. The second-order valence-electron chi connectivity index (χ2n) is 5.76. The van der Waals surface area contributed by atoms with Gasteiger partial charge < -0.3 is 15.0 Å². The van der Waals surface area contributed by atoms with Crippen molar-refractivity contribution in [3.8, 4) is 0 Å². The van der Waals surface area contributed by atoms with Crippen molar-refractivity contribution in [3.05, 3.63) is 22.4 Å². The van der Waals surface area contributed by atoms with Crippen LogP contribution in [0.4, 0.5) is 0 Å². The summed E-state index contributed by atoms with van der Waals surface area (Å²) >= 11 is 1.65. The Morgan fingerprint density at radius 2 is 2.18 bits per heavy atom. The van der Waals surface area contributed by atoms with Crippen LogP contribution in [0.1, 0.15) is 37.6 Å². The van der Waals surface area contributed by atoms with Gasteiger partial charge in [0.05, 0.1) is 31.7 Å². The summed E-state index contributed by atoms with van der Waals surface area (Å²) in [5, 5.41) is 5.06. The van der Waals surface area contributed by atoms with Crippen LogP contribution in [0.5, 0.6) is 0 Å². The molecule has 1 aromatic heterocycles. The second kappa shape index (κ2) is 8.29. The van der Waals surface area contributed by atoms with Crippen molar-refractivity contribution < 1.29 is 19.2 Å². The number of hydrogen-bond donors (Lipinski definition) is 2. The van der Waals surface area contributed by atoms with Gasteiger partial charge >= 0.3 is 5.97 Å². The number of hydrogen-bond acceptors (Lipinski definition) is 4. The highest BCUT2D eigenvalue weighted by Gasteiger charge is 2.29. The van der Waals surface area contributed by atoms with E-state index in [-0.39, 0.29) is 23.8 Å². The highest BCUT2D eigenvalue weighted by molar-refractivity contribution is 7.10. The molecule has 22 heavy (non-hydrogen) atoms. The average Bonchev–Trinajstić information content (AvgIpc) is 3.02. The monoisotopic (exact) mass is 325 g/mol. The molecule has 0 aliphatic carbocycles. The molecule has 2 N–H and O–H groups in total. The number of thiophene rings is 1. The minimum Gasteiger partial charge on any atom is -0.466 e. The number of amides is 1. The topological polar surface area (TPSA) is 59.8 Å². The first-order valence-corrected chi connectivity index (χ1v) is 8.81. The molecule has 0 saturated carbocycles. The van der Waals surface area contributed by atoms with E-state index in [0.29, 0.717) is 13.2 Å². The fourth-order valence-electron chi connectivity index (χ4n) is 2.83. The summed E-state index contributed by atoms with van der Waals surface area (Å²) in [7, 11) is 0. The van der Waals surface area contributed by atoms with Gasteiger partial charge in [-0.15, -0.1) is 11.3 Å². The SMILES string of the molecule is CCOC(=O)C1CC[NH+](CC(=O)N[C@@H](C)c2cccs2)CC1. The molecule has 1 saturated heterocycles. The molecule has 1 aromatic rings. The van der Waals surface area contributed by atoms with Crippen LogP contribution in [0.15, 0.2) is 17.5 Å². The Hall–Kier alpha value is -1.40. The zero-order valence-corrected chi connectivity index (χ0v) is 14.1. The van der Waals surface area contributed by atoms with Crippen LogP contribution >= 0.6 is 11.3 Å². The van der Waals surface area contributed by atoms with Crippen LogP contribution < -0.4 is 10.2 Å². The summed E-state index contributed by atoms with van der Waals surface area (Å²) in [5.74, 6) is -0.000363. The molecule has 122 valence electrons. The predicted octanol–water partition coefficient (Wildman–Crippen LogP) is 0.783. The van der Waals surface area contributed by atoms with Gasteiger partial charge in [-0.3, -0.25) is 9.59 Å². The van der Waals surface area contributed by atoms with E-state index < -0.39 is 0 Å². The number of piperidine rings is 1. The Morgan fingerprint density at radius 3 is 2.77 bits per heavy atom. The summed E-state index contributed by atoms with van der Waals surface area (Å²) in [4.78, 5) is 26.2. The molecule has 0 bridgehead atoms. The van der Waals surface area contributed by atoms with E-state index in [9.17, 15) is 9.59 Å². The van der Waals surface area contributed by atoms with Gasteiger partial charge in [-0.2, -0.15) is 0 Å². The minimum absolute atomic E-state index is 0.0109. The number of ether oxygens (including phenoxy) is 1. The van der Waals surface area contributed by atoms with Crippen molar-refractivity contribution in [2.75, 3.05) is 26.2 Å². The Kier molecular flexibility index (Phi) is 6.39. The number of nitrogens with one attached hydrogen (secondary N) is 2. The van der Waals surface area contributed by atoms with Crippen molar-refractivity contribution in [2.24, 2.45) is 5.92 Å². The van der Waals surface area contributed by atoms with Crippen LogP contribution in [-0.4, -0.2) is 38.1 Å². The molecule has 1 aliphatic rings. The maximum Gasteiger partial charge on any atom is 0.309 e. The normalized spacial score (nSPS) is 22.8. The first kappa shape index (κ1) is 17.0. The summed E-state index contributed by atoms with van der Waals surface area (Å²) in [5.41, 5.74) is 0. The van der Waals surface area contributed by atoms with Gasteiger partial charge in [0.15, 0.2) is 6.54 Å². The zero-order chi connectivity index (χ0) is 15.9. The lowest BCUT2D eigenvalue weighted by Crippen LogP contribution is -3.14. The van der Waals surface area contributed by atoms with Crippen LogP contribution in [0, 0.1) is 5.92 Å². The van der Waals surface area contributed by atoms with Gasteiger partial charge in [0.25, 0.3) is 5.91 Å². The summed E-state index contributed by atoms with van der Waals surface area (Å²) < 4.78 is 5.07. The molecular formula is C16H25N2O3S+. The Bertz CT molecular complexity index is 482. The lowest BCUT2D eigenvalue weighted by atomic mass is 9.97. The summed E-state index contributed by atoms with van der Waals surface area (Å²) in [6.45, 7) is 6.46. The third kappa shape index (κ3) is 4.81. The maximum atomic E-state index is 12.1. The van der Waals surface area contributed by atoms with Crippen molar-refractivity contribution >= 4 is 23.2 Å². The molecule has 5 nitrogen and oxygen atoms in total. The van der Waals surface area contributed by atoms with E-state index in [2.05, 4.69) is 5.32 Å². The molecule has 1 fully saturated rings. The highest BCUT2D eigenvalue weighted by Crippen LogP contribution is 2.17. The number of quaternary nitrogens is 1. The molecule has 6 heteroatoms. The van der Waals surface area contributed by atoms with Crippen molar-refractivity contribution in [2.45, 2.75) is 32.7 Å². The van der Waals surface area contributed by atoms with Gasteiger partial charge in [0, 0.05) is 17.7 Å². The first-order chi connectivity index (χ1) is 10.6. The van der Waals surface area contributed by atoms with Crippen LogP contribution in [-0.2, 0) is 14.3 Å². The third-order valence-electron chi connectivity index (χ3n) is 4.07. The lowest BCUT2D eigenvalue weighted by Gasteiger charge is -2.28. The Balaban J connectivity index is 1.71. The Labute approximate surface area is 135 Å². The average molecular weight is 325 g/mol. The van der Waals surface area contributed by atoms with E-state index in [1.54, 1.807) is 11.3 Å². The predicted molar refractivity (Wildman–Crippen MR) is 85.8 cm³/mol. The van der Waals surface area contributed by atoms with Gasteiger partial charge in [-0.1, -0.05) is 6.07 Å². The van der Waals surface area contributed by atoms with Crippen molar-refractivity contribution in [1.82, 2.24) is 5.32 Å². The van der Waals surface area contributed by atoms with Crippen molar-refractivity contribution in [1.29, 1.82) is 0 Å². The molecule has 1 atom stereocenters. The van der Waals surface area contributed by atoms with Crippen LogP contribution in [0.25, 0.3) is 0 Å². The number of carbonyl (C=O) groups is 2. The van der Waals surface area contributed by atoms with Gasteiger partial charge in [-0.05, 0) is 25.3 Å². The number of carbonyl (C=O) groups excluding carboxylic acids is 2. The fraction of sp³-hybridized carbons (Fsp3) is 0.625. The smallest absolute Gasteiger partial charge is 0.309 e. The first-order valence-electron chi connectivity index (χ1n) is 7.93. The van der Waals surface area contributed by atoms with Gasteiger partial charge in [-0.25, -0.2) is 0 Å². The van der Waals surface area contributed by atoms with E-state index in [4.69, 9.17) is 4.74 Å². The lowest BCUT2D eigenvalue weighted by molar-refractivity contribution is -0.897. The van der Waals surface area contributed by atoms with E-state index in [0.717, 1.165) is 25.9 Å². The fourth-order valence-corrected chi connectivity index (χ4v) is 3.56. The summed E-state index contributed by atoms with van der Waals surface area (Å²) in [6, 6.07) is 4.09. The molecule has 0 aromatic carbocycles. The quantitative estimate of drug-likeness (QED) is 0.760. The van der Waals surface area contributed by atoms with E-state index >= 15 is 0 Å². The molecular weight excluding hydrogens is 300 g/mol. The number of rotatable bonds is 6. The molecule has 0 radical (unpaired) electrons. The van der Waals surface area contributed by atoms with E-state index in [1.165, 1.54) is 9.78 Å². The zero-order valence-electron chi connectivity index (χ0n) is 13.3. The third-order valence-corrected chi connectivity index (χ3v) is 5.13. The van der Waals surface area contributed by atoms with Gasteiger partial charge in [0.1, 0.15) is 0 Å². The number of likely N-dealkylation sites (tertiary alicyclic amines) is 1. The molecule has 2 rings (SSSR count). The minimum atomic E-state index is -0.0858. The van der Waals surface area contributed by atoms with Crippen LogP contribution in [0.3, 0.4) is 0 Å². The molecule has 0 spiro atoms. The number of esters is 1. The largest absolute Gasteiger partial charge is 0.466 e. The highest BCUT2D eigenvalue weighted by atomic mass is 32.1. The molecule has 1 aliphatic heterocycles. The van der Waals surface area contributed by atoms with Crippen LogP contribution in [0.2, 0.25) is 0 Å². The van der Waals surface area contributed by atoms with Crippen molar-refractivity contribution in [3.63, 3.8) is 0 Å². The van der Waals surface area contributed by atoms with Gasteiger partial charge in [0.2, 0.25) is 0 Å². The summed E-state index contributed by atoms with van der Waals surface area (Å²) in [6.07, 6.45) is 1.61. The van der Waals surface area contributed by atoms with E-state index in [1.807, 2.05) is 31.4 Å². The maximum absolute atomic E-state index is 12.1. The molecule has 0 unspecified atom stereocenters.